The second-order valence-electron chi connectivity index (χ2n) is 2.96. The van der Waals surface area contributed by atoms with Crippen LogP contribution in [0.1, 0.15) is 16.8 Å². The van der Waals surface area contributed by atoms with Gasteiger partial charge in [-0.2, -0.15) is 0 Å². The molecule has 0 amide bonds. The first-order valence-electron chi connectivity index (χ1n) is 4.13. The van der Waals surface area contributed by atoms with Gasteiger partial charge in [-0.1, -0.05) is 0 Å². The van der Waals surface area contributed by atoms with E-state index in [9.17, 15) is 14.9 Å². The fraction of sp³-hybridized carbons (Fsp3) is 0.222. The summed E-state index contributed by atoms with van der Waals surface area (Å²) in [6.07, 6.45) is 0.286. The van der Waals surface area contributed by atoms with Crippen LogP contribution in [0.5, 0.6) is 5.75 Å². The van der Waals surface area contributed by atoms with Crippen molar-refractivity contribution in [3.8, 4) is 5.75 Å². The average Bonchev–Trinajstić information content (AvgIpc) is 2.18. The fourth-order valence-corrected chi connectivity index (χ4v) is 1.36. The van der Waals surface area contributed by atoms with Crippen molar-refractivity contribution >= 4 is 11.5 Å². The minimum Gasteiger partial charge on any atom is -0.492 e. The summed E-state index contributed by atoms with van der Waals surface area (Å²) in [4.78, 5) is 21.3. The molecule has 1 heterocycles. The molecule has 72 valence electrons. The van der Waals surface area contributed by atoms with Gasteiger partial charge in [0.2, 0.25) is 0 Å². The Morgan fingerprint density at radius 3 is 2.93 bits per heavy atom. The summed E-state index contributed by atoms with van der Waals surface area (Å²) >= 11 is 0. The Morgan fingerprint density at radius 1 is 1.43 bits per heavy atom. The molecule has 0 spiro atoms. The third-order valence-corrected chi connectivity index (χ3v) is 2.06. The largest absolute Gasteiger partial charge is 0.492 e. The minimum atomic E-state index is -0.526. The molecular formula is C9H7NO4. The van der Waals surface area contributed by atoms with E-state index in [4.69, 9.17) is 4.74 Å². The molecule has 0 aliphatic carbocycles. The number of Topliss-reactive ketones (excluding diaryl/α,β-unsaturated/α-hetero) is 1. The van der Waals surface area contributed by atoms with E-state index in [1.807, 2.05) is 0 Å². The summed E-state index contributed by atoms with van der Waals surface area (Å²) in [6, 6.07) is 4.05. The highest BCUT2D eigenvalue weighted by Crippen LogP contribution is 2.28. The number of non-ortho nitro benzene ring substituents is 1. The highest BCUT2D eigenvalue weighted by atomic mass is 16.6. The number of ether oxygens (including phenoxy) is 1. The third-order valence-electron chi connectivity index (χ3n) is 2.06. The van der Waals surface area contributed by atoms with Gasteiger partial charge in [-0.3, -0.25) is 14.9 Å². The first-order chi connectivity index (χ1) is 6.68. The Morgan fingerprint density at radius 2 is 2.21 bits per heavy atom. The van der Waals surface area contributed by atoms with Crippen LogP contribution in [0.2, 0.25) is 0 Å². The molecule has 0 aromatic heterocycles. The number of hydrogen-bond donors (Lipinski definition) is 0. The summed E-state index contributed by atoms with van der Waals surface area (Å²) in [7, 11) is 0. The highest BCUT2D eigenvalue weighted by Gasteiger charge is 2.21. The maximum absolute atomic E-state index is 11.4. The van der Waals surface area contributed by atoms with Crippen molar-refractivity contribution in [3.05, 3.63) is 33.9 Å². The molecule has 2 rings (SSSR count). The molecule has 1 aliphatic heterocycles. The Kier molecular flexibility index (Phi) is 1.92. The van der Waals surface area contributed by atoms with Gasteiger partial charge >= 0.3 is 0 Å². The normalized spacial score (nSPS) is 14.4. The van der Waals surface area contributed by atoms with Gasteiger partial charge in [0.15, 0.2) is 5.78 Å². The van der Waals surface area contributed by atoms with E-state index in [1.54, 1.807) is 0 Å². The number of rotatable bonds is 1. The summed E-state index contributed by atoms with van der Waals surface area (Å²) in [5.74, 6) is 0.335. The molecule has 5 nitrogen and oxygen atoms in total. The van der Waals surface area contributed by atoms with E-state index in [-0.39, 0.29) is 17.9 Å². The highest BCUT2D eigenvalue weighted by molar-refractivity contribution is 6.00. The lowest BCUT2D eigenvalue weighted by Crippen LogP contribution is -2.15. The van der Waals surface area contributed by atoms with Gasteiger partial charge in [0.05, 0.1) is 17.1 Å². The van der Waals surface area contributed by atoms with Crippen LogP contribution >= 0.6 is 0 Å². The molecule has 1 aromatic rings. The van der Waals surface area contributed by atoms with E-state index >= 15 is 0 Å². The standard InChI is InChI=1S/C9H7NO4/c11-8-3-4-14-9-2-1-6(10(12)13)5-7(8)9/h1-2,5H,3-4H2. The number of fused-ring (bicyclic) bond motifs is 1. The van der Waals surface area contributed by atoms with Crippen molar-refractivity contribution in [1.82, 2.24) is 0 Å². The molecule has 1 aliphatic rings. The predicted octanol–water partition coefficient (Wildman–Crippen LogP) is 1.56. The number of carbonyl (C=O) groups is 1. The van der Waals surface area contributed by atoms with Crippen LogP contribution in [-0.2, 0) is 0 Å². The van der Waals surface area contributed by atoms with E-state index in [2.05, 4.69) is 0 Å². The summed E-state index contributed by atoms with van der Waals surface area (Å²) in [5.41, 5.74) is 0.230. The first-order valence-corrected chi connectivity index (χ1v) is 4.13. The number of carbonyl (C=O) groups excluding carboxylic acids is 1. The van der Waals surface area contributed by atoms with Crippen LogP contribution in [0.3, 0.4) is 0 Å². The van der Waals surface area contributed by atoms with Crippen molar-refractivity contribution < 1.29 is 14.5 Å². The van der Waals surface area contributed by atoms with Crippen molar-refractivity contribution in [3.63, 3.8) is 0 Å². The number of nitro benzene ring substituents is 1. The van der Waals surface area contributed by atoms with Gasteiger partial charge in [0.25, 0.3) is 5.69 Å². The van der Waals surface area contributed by atoms with E-state index < -0.39 is 4.92 Å². The van der Waals surface area contributed by atoms with E-state index in [0.29, 0.717) is 17.9 Å². The number of ketones is 1. The lowest BCUT2D eigenvalue weighted by Gasteiger charge is -2.15. The first kappa shape index (κ1) is 8.68. The number of nitrogens with zero attached hydrogens (tertiary/aromatic N) is 1. The van der Waals surface area contributed by atoms with Crippen molar-refractivity contribution in [2.45, 2.75) is 6.42 Å². The Balaban J connectivity index is 2.51. The molecule has 0 atom stereocenters. The monoisotopic (exact) mass is 193 g/mol. The molecule has 0 unspecified atom stereocenters. The van der Waals surface area contributed by atoms with Crippen LogP contribution in [-0.4, -0.2) is 17.3 Å². The Labute approximate surface area is 79.4 Å². The molecule has 0 N–H and O–H groups in total. The van der Waals surface area contributed by atoms with Gasteiger partial charge in [-0.15, -0.1) is 0 Å². The lowest BCUT2D eigenvalue weighted by atomic mass is 10.0. The molecule has 0 fully saturated rings. The SMILES string of the molecule is O=C1CCOc2ccc([N+](=O)[O-])cc21. The molecular weight excluding hydrogens is 186 g/mol. The molecule has 0 radical (unpaired) electrons. The summed E-state index contributed by atoms with van der Waals surface area (Å²) < 4.78 is 5.19. The maximum atomic E-state index is 11.4. The third kappa shape index (κ3) is 1.32. The number of hydrogen-bond acceptors (Lipinski definition) is 4. The van der Waals surface area contributed by atoms with E-state index in [1.165, 1.54) is 18.2 Å². The Bertz CT molecular complexity index is 413. The van der Waals surface area contributed by atoms with Gasteiger partial charge in [-0.05, 0) is 6.07 Å². The zero-order chi connectivity index (χ0) is 10.1. The topological polar surface area (TPSA) is 69.4 Å². The minimum absolute atomic E-state index is 0.0809. The molecule has 1 aromatic carbocycles. The lowest BCUT2D eigenvalue weighted by molar-refractivity contribution is -0.384. The van der Waals surface area contributed by atoms with Crippen molar-refractivity contribution in [1.29, 1.82) is 0 Å². The zero-order valence-electron chi connectivity index (χ0n) is 7.23. The van der Waals surface area contributed by atoms with Crippen LogP contribution < -0.4 is 4.74 Å². The van der Waals surface area contributed by atoms with Crippen LogP contribution in [0.15, 0.2) is 18.2 Å². The van der Waals surface area contributed by atoms with Gasteiger partial charge in [0.1, 0.15) is 5.75 Å². The predicted molar refractivity (Wildman–Crippen MR) is 47.5 cm³/mol. The Hall–Kier alpha value is -1.91. The quantitative estimate of drug-likeness (QED) is 0.501. The van der Waals surface area contributed by atoms with Gasteiger partial charge in [0, 0.05) is 18.6 Å². The van der Waals surface area contributed by atoms with E-state index in [0.717, 1.165) is 0 Å². The summed E-state index contributed by atoms with van der Waals surface area (Å²) in [5, 5.41) is 10.4. The van der Waals surface area contributed by atoms with Gasteiger partial charge in [-0.25, -0.2) is 0 Å². The second kappa shape index (κ2) is 3.10. The maximum Gasteiger partial charge on any atom is 0.270 e. The number of benzene rings is 1. The summed E-state index contributed by atoms with van der Waals surface area (Å²) in [6.45, 7) is 0.351. The van der Waals surface area contributed by atoms with Crippen LogP contribution in [0, 0.1) is 10.1 Å². The van der Waals surface area contributed by atoms with Crippen LogP contribution in [0.25, 0.3) is 0 Å². The molecule has 0 saturated carbocycles. The molecule has 14 heavy (non-hydrogen) atoms. The van der Waals surface area contributed by atoms with Crippen molar-refractivity contribution in [2.75, 3.05) is 6.61 Å². The zero-order valence-corrected chi connectivity index (χ0v) is 7.23. The molecule has 0 bridgehead atoms. The van der Waals surface area contributed by atoms with Crippen molar-refractivity contribution in [2.24, 2.45) is 0 Å². The fourth-order valence-electron chi connectivity index (χ4n) is 1.36. The average molecular weight is 193 g/mol. The molecule has 5 heteroatoms. The van der Waals surface area contributed by atoms with Gasteiger partial charge < -0.3 is 4.74 Å². The smallest absolute Gasteiger partial charge is 0.270 e. The number of nitro groups is 1. The molecule has 0 saturated heterocycles. The van der Waals surface area contributed by atoms with Crippen LogP contribution in [0.4, 0.5) is 5.69 Å². The second-order valence-corrected chi connectivity index (χ2v) is 2.96.